The first-order valence-corrected chi connectivity index (χ1v) is 9.35. The minimum Gasteiger partial charge on any atom is -0.495 e. The molecule has 27 heavy (non-hydrogen) atoms. The van der Waals surface area contributed by atoms with Crippen LogP contribution in [-0.2, 0) is 16.0 Å². The van der Waals surface area contributed by atoms with Crippen molar-refractivity contribution in [1.29, 1.82) is 0 Å². The molecule has 2 aromatic rings. The molecule has 0 bridgehead atoms. The number of nitrogens with one attached hydrogen (secondary N) is 1. The van der Waals surface area contributed by atoms with E-state index in [9.17, 15) is 9.59 Å². The first-order chi connectivity index (χ1) is 12.9. The van der Waals surface area contributed by atoms with Crippen LogP contribution in [0.5, 0.6) is 5.75 Å². The number of methoxy groups -OCH3 is 1. The Hall–Kier alpha value is -2.53. The molecule has 1 aliphatic heterocycles. The van der Waals surface area contributed by atoms with E-state index in [1.54, 1.807) is 23.1 Å². The summed E-state index contributed by atoms with van der Waals surface area (Å²) in [4.78, 5) is 27.2. The van der Waals surface area contributed by atoms with Gasteiger partial charge in [0, 0.05) is 23.7 Å². The molecule has 6 heteroatoms. The second kappa shape index (κ2) is 8.01. The average molecular weight is 387 g/mol. The van der Waals surface area contributed by atoms with Crippen LogP contribution >= 0.6 is 11.6 Å². The maximum Gasteiger partial charge on any atom is 0.229 e. The van der Waals surface area contributed by atoms with Gasteiger partial charge in [-0.2, -0.15) is 0 Å². The summed E-state index contributed by atoms with van der Waals surface area (Å²) in [5.41, 5.74) is 3.59. The highest BCUT2D eigenvalue weighted by molar-refractivity contribution is 6.31. The van der Waals surface area contributed by atoms with E-state index in [0.717, 1.165) is 23.2 Å². The summed E-state index contributed by atoms with van der Waals surface area (Å²) in [6, 6.07) is 11.1. The molecule has 1 fully saturated rings. The van der Waals surface area contributed by atoms with Gasteiger partial charge in [0.25, 0.3) is 0 Å². The third-order valence-electron chi connectivity index (χ3n) is 4.89. The topological polar surface area (TPSA) is 58.6 Å². The Bertz CT molecular complexity index is 882. The number of halogens is 1. The lowest BCUT2D eigenvalue weighted by Crippen LogP contribution is -2.29. The minimum atomic E-state index is -0.425. The molecule has 5 nitrogen and oxygen atoms in total. The van der Waals surface area contributed by atoms with Crippen LogP contribution in [0.2, 0.25) is 5.02 Å². The quantitative estimate of drug-likeness (QED) is 0.837. The van der Waals surface area contributed by atoms with E-state index in [1.165, 1.54) is 7.11 Å². The number of amides is 2. The van der Waals surface area contributed by atoms with Crippen molar-refractivity contribution in [3.63, 3.8) is 0 Å². The average Bonchev–Trinajstić information content (AvgIpc) is 3.03. The monoisotopic (exact) mass is 386 g/mol. The van der Waals surface area contributed by atoms with Gasteiger partial charge in [-0.15, -0.1) is 0 Å². The maximum atomic E-state index is 12.8. The van der Waals surface area contributed by atoms with Crippen molar-refractivity contribution >= 4 is 34.8 Å². The molecule has 1 unspecified atom stereocenters. The Kier molecular flexibility index (Phi) is 5.71. The van der Waals surface area contributed by atoms with Gasteiger partial charge in [-0.05, 0) is 42.7 Å². The second-order valence-electron chi connectivity index (χ2n) is 6.68. The van der Waals surface area contributed by atoms with E-state index in [1.807, 2.05) is 25.1 Å². The number of ether oxygens (including phenoxy) is 1. The molecule has 0 saturated carbocycles. The number of nitrogens with zero attached hydrogens (tertiary/aromatic N) is 1. The summed E-state index contributed by atoms with van der Waals surface area (Å²) >= 11 is 6.02. The van der Waals surface area contributed by atoms with Crippen LogP contribution in [0.25, 0.3) is 0 Å². The number of carbonyl (C=O) groups is 2. The van der Waals surface area contributed by atoms with Gasteiger partial charge in [-0.3, -0.25) is 9.59 Å². The predicted molar refractivity (Wildman–Crippen MR) is 108 cm³/mol. The number of hydrogen-bond acceptors (Lipinski definition) is 3. The SMILES string of the molecule is CCc1cccc(C)c1N1CC(C(=O)Nc2cc(Cl)ccc2OC)CC1=O. The van der Waals surface area contributed by atoms with Crippen LogP contribution in [0, 0.1) is 12.8 Å². The van der Waals surface area contributed by atoms with Crippen molar-refractivity contribution in [3.05, 3.63) is 52.5 Å². The lowest BCUT2D eigenvalue weighted by molar-refractivity contribution is -0.122. The zero-order chi connectivity index (χ0) is 19.6. The zero-order valence-electron chi connectivity index (χ0n) is 15.7. The molecule has 0 radical (unpaired) electrons. The van der Waals surface area contributed by atoms with Crippen LogP contribution in [0.3, 0.4) is 0 Å². The van der Waals surface area contributed by atoms with Gasteiger partial charge in [0.15, 0.2) is 0 Å². The fourth-order valence-electron chi connectivity index (χ4n) is 3.50. The fraction of sp³-hybridized carbons (Fsp3) is 0.333. The van der Waals surface area contributed by atoms with Crippen molar-refractivity contribution in [1.82, 2.24) is 0 Å². The standard InChI is InChI=1S/C21H23ClN2O3/c1-4-14-7-5-6-13(2)20(14)24-12-15(10-19(24)25)21(26)23-17-11-16(22)8-9-18(17)27-3/h5-9,11,15H,4,10,12H2,1-3H3,(H,23,26). The molecular formula is C21H23ClN2O3. The lowest BCUT2D eigenvalue weighted by Gasteiger charge is -2.22. The van der Waals surface area contributed by atoms with Crippen LogP contribution < -0.4 is 15.0 Å². The zero-order valence-corrected chi connectivity index (χ0v) is 16.5. The van der Waals surface area contributed by atoms with E-state index in [4.69, 9.17) is 16.3 Å². The molecule has 1 heterocycles. The van der Waals surface area contributed by atoms with Gasteiger partial charge in [0.05, 0.1) is 18.7 Å². The van der Waals surface area contributed by atoms with Crippen molar-refractivity contribution in [2.24, 2.45) is 5.92 Å². The number of aryl methyl sites for hydroxylation is 2. The molecule has 0 spiro atoms. The van der Waals surface area contributed by atoms with E-state index in [2.05, 4.69) is 12.2 Å². The van der Waals surface area contributed by atoms with Gasteiger partial charge >= 0.3 is 0 Å². The molecule has 2 amide bonds. The van der Waals surface area contributed by atoms with E-state index in [0.29, 0.717) is 23.0 Å². The number of hydrogen-bond donors (Lipinski definition) is 1. The fourth-order valence-corrected chi connectivity index (χ4v) is 3.68. The van der Waals surface area contributed by atoms with Crippen molar-refractivity contribution in [3.8, 4) is 5.75 Å². The molecular weight excluding hydrogens is 364 g/mol. The Morgan fingerprint density at radius 2 is 2.11 bits per heavy atom. The van der Waals surface area contributed by atoms with E-state index < -0.39 is 5.92 Å². The second-order valence-corrected chi connectivity index (χ2v) is 7.11. The number of carbonyl (C=O) groups excluding carboxylic acids is 2. The molecule has 142 valence electrons. The molecule has 1 N–H and O–H groups in total. The van der Waals surface area contributed by atoms with Gasteiger partial charge in [-0.25, -0.2) is 0 Å². The summed E-state index contributed by atoms with van der Waals surface area (Å²) in [5.74, 6) is -0.137. The van der Waals surface area contributed by atoms with Crippen molar-refractivity contribution < 1.29 is 14.3 Å². The molecule has 1 aliphatic rings. The number of benzene rings is 2. The molecule has 0 aliphatic carbocycles. The molecule has 0 aromatic heterocycles. The number of para-hydroxylation sites is 1. The number of anilines is 2. The van der Waals surface area contributed by atoms with Gasteiger partial charge in [0.2, 0.25) is 11.8 Å². The first kappa shape index (κ1) is 19.2. The van der Waals surface area contributed by atoms with Gasteiger partial charge in [0.1, 0.15) is 5.75 Å². The van der Waals surface area contributed by atoms with E-state index >= 15 is 0 Å². The highest BCUT2D eigenvalue weighted by atomic mass is 35.5. The van der Waals surface area contributed by atoms with Crippen molar-refractivity contribution in [2.45, 2.75) is 26.7 Å². The summed E-state index contributed by atoms with van der Waals surface area (Å²) in [5, 5.41) is 3.36. The van der Waals surface area contributed by atoms with Crippen LogP contribution in [0.4, 0.5) is 11.4 Å². The van der Waals surface area contributed by atoms with Gasteiger partial charge in [-0.1, -0.05) is 36.7 Å². The lowest BCUT2D eigenvalue weighted by atomic mass is 10.0. The molecule has 1 saturated heterocycles. The maximum absolute atomic E-state index is 12.8. The third kappa shape index (κ3) is 3.93. The normalized spacial score (nSPS) is 16.5. The molecule has 2 aromatic carbocycles. The smallest absolute Gasteiger partial charge is 0.229 e. The summed E-state index contributed by atoms with van der Waals surface area (Å²) in [6.07, 6.45) is 1.02. The Morgan fingerprint density at radius 1 is 1.33 bits per heavy atom. The first-order valence-electron chi connectivity index (χ1n) is 8.97. The Labute approximate surface area is 164 Å². The largest absolute Gasteiger partial charge is 0.495 e. The predicted octanol–water partition coefficient (Wildman–Crippen LogP) is 4.21. The van der Waals surface area contributed by atoms with Crippen molar-refractivity contribution in [2.75, 3.05) is 23.9 Å². The Morgan fingerprint density at radius 3 is 2.81 bits per heavy atom. The summed E-state index contributed by atoms with van der Waals surface area (Å²) in [7, 11) is 1.53. The highest BCUT2D eigenvalue weighted by Gasteiger charge is 2.36. The molecule has 1 atom stereocenters. The van der Waals surface area contributed by atoms with E-state index in [-0.39, 0.29) is 18.2 Å². The van der Waals surface area contributed by atoms with Gasteiger partial charge < -0.3 is 15.0 Å². The Balaban J connectivity index is 1.80. The summed E-state index contributed by atoms with van der Waals surface area (Å²) in [6.45, 7) is 4.42. The van der Waals surface area contributed by atoms with Crippen LogP contribution in [0.15, 0.2) is 36.4 Å². The third-order valence-corrected chi connectivity index (χ3v) is 5.12. The highest BCUT2D eigenvalue weighted by Crippen LogP contribution is 2.33. The van der Waals surface area contributed by atoms with Crippen LogP contribution in [0.1, 0.15) is 24.5 Å². The number of rotatable bonds is 5. The summed E-state index contributed by atoms with van der Waals surface area (Å²) < 4.78 is 5.27. The minimum absolute atomic E-state index is 0.0304. The van der Waals surface area contributed by atoms with Crippen LogP contribution in [-0.4, -0.2) is 25.5 Å². The molecule has 3 rings (SSSR count).